The SMILES string of the molecule is CC1=C[C@H](C)[C@H](C)C(N2C(c3[c-]c(-n4c5[c-]c(-n6c7ccc(C(C)(C)C)cc7c7cccnc76)ccc5c5cc(C)ccc54)cc(C(C)C)c3)=N[C@]3(C)c4ccc(C)c(C)c4C[C@]23C)=C1C.[Pt+2]. The molecule has 11 rings (SSSR count). The number of aryl methyl sites for hydroxylation is 2. The topological polar surface area (TPSA) is 38.4 Å². The molecule has 2 aliphatic carbocycles. The number of hydrogen-bond acceptors (Lipinski definition) is 3. The van der Waals surface area contributed by atoms with Crippen molar-refractivity contribution in [3.63, 3.8) is 0 Å². The fourth-order valence-corrected chi connectivity index (χ4v) is 11.9. The molecule has 0 bridgehead atoms. The second kappa shape index (κ2) is 15.5. The van der Waals surface area contributed by atoms with E-state index in [2.05, 4.69) is 208 Å². The first-order chi connectivity index (χ1) is 31.3. The van der Waals surface area contributed by atoms with Crippen LogP contribution in [-0.4, -0.2) is 30.4 Å². The Morgan fingerprint density at radius 3 is 2.24 bits per heavy atom. The molecule has 0 radical (unpaired) electrons. The van der Waals surface area contributed by atoms with Crippen molar-refractivity contribution < 1.29 is 21.1 Å². The van der Waals surface area contributed by atoms with E-state index in [9.17, 15) is 0 Å². The fourth-order valence-electron chi connectivity index (χ4n) is 11.9. The van der Waals surface area contributed by atoms with Gasteiger partial charge in [-0.15, -0.1) is 46.8 Å². The van der Waals surface area contributed by atoms with Crippen LogP contribution in [0.1, 0.15) is 127 Å². The van der Waals surface area contributed by atoms with Gasteiger partial charge in [0.15, 0.2) is 0 Å². The molecule has 4 atom stereocenters. The van der Waals surface area contributed by atoms with Crippen molar-refractivity contribution in [2.75, 3.05) is 0 Å². The molecule has 5 aromatic carbocycles. The van der Waals surface area contributed by atoms with Crippen LogP contribution in [0.2, 0.25) is 0 Å². The van der Waals surface area contributed by atoms with Gasteiger partial charge in [0.2, 0.25) is 0 Å². The summed E-state index contributed by atoms with van der Waals surface area (Å²) in [6.45, 7) is 32.5. The van der Waals surface area contributed by atoms with Crippen LogP contribution in [0, 0.1) is 44.7 Å². The van der Waals surface area contributed by atoms with E-state index in [1.807, 2.05) is 12.3 Å². The van der Waals surface area contributed by atoms with Crippen LogP contribution in [0.25, 0.3) is 55.1 Å². The van der Waals surface area contributed by atoms with Crippen LogP contribution in [0.15, 0.2) is 119 Å². The maximum atomic E-state index is 6.03. The number of nitrogens with zero attached hydrogens (tertiary/aromatic N) is 5. The molecule has 342 valence electrons. The molecule has 5 nitrogen and oxygen atoms in total. The van der Waals surface area contributed by atoms with Gasteiger partial charge in [-0.25, -0.2) is 4.98 Å². The average molecular weight is 1060 g/mol. The monoisotopic (exact) mass is 1060 g/mol. The van der Waals surface area contributed by atoms with Crippen LogP contribution in [0.5, 0.6) is 0 Å². The Labute approximate surface area is 412 Å². The van der Waals surface area contributed by atoms with Crippen LogP contribution in [0.4, 0.5) is 0 Å². The van der Waals surface area contributed by atoms with Gasteiger partial charge in [0.25, 0.3) is 0 Å². The Morgan fingerprint density at radius 1 is 0.761 bits per heavy atom. The molecule has 0 amide bonds. The van der Waals surface area contributed by atoms with Gasteiger partial charge >= 0.3 is 21.1 Å². The Morgan fingerprint density at radius 2 is 1.49 bits per heavy atom. The predicted molar refractivity (Wildman–Crippen MR) is 277 cm³/mol. The van der Waals surface area contributed by atoms with Crippen molar-refractivity contribution in [3.8, 4) is 11.4 Å². The smallest absolute Gasteiger partial charge is 0.361 e. The number of amidine groups is 1. The van der Waals surface area contributed by atoms with Crippen molar-refractivity contribution in [2.45, 2.75) is 126 Å². The standard InChI is InChI=1S/C61H63N5.Pt/c1-34(2)42-28-43(57-63-61(14)52-22-18-36(4)39(7)51(52)33-60(61,13)66(57)56-40(8)37(5)27-38(6)41(56)9)30-46(29-42)64-53-23-17-35(3)26-49(53)47-21-20-45(32-55(47)64)65-54-24-19-44(59(10,11)12)31-50(54)48-16-15-25-62-58(48)65;/h15-29,31,34,37,40H,33H2,1-14H3;/q-2;+2/t37-,40-,60-,61+;/m0./s1. The number of aromatic nitrogens is 3. The molecule has 0 saturated carbocycles. The summed E-state index contributed by atoms with van der Waals surface area (Å²) in [7, 11) is 0. The number of benzene rings is 5. The largest absolute Gasteiger partial charge is 2.00 e. The summed E-state index contributed by atoms with van der Waals surface area (Å²) >= 11 is 0. The van der Waals surface area contributed by atoms with Crippen molar-refractivity contribution in [3.05, 3.63) is 171 Å². The van der Waals surface area contributed by atoms with Crippen LogP contribution in [0.3, 0.4) is 0 Å². The maximum Gasteiger partial charge on any atom is 2.00 e. The summed E-state index contributed by atoms with van der Waals surface area (Å²) in [6, 6.07) is 40.1. The third kappa shape index (κ3) is 6.50. The first-order valence-electron chi connectivity index (χ1n) is 24.1. The van der Waals surface area contributed by atoms with E-state index >= 15 is 0 Å². The normalized spacial score (nSPS) is 21.7. The number of fused-ring (bicyclic) bond motifs is 9. The van der Waals surface area contributed by atoms with E-state index in [1.165, 1.54) is 66.6 Å². The minimum absolute atomic E-state index is 0. The minimum Gasteiger partial charge on any atom is -0.361 e. The maximum absolute atomic E-state index is 6.03. The van der Waals surface area contributed by atoms with Gasteiger partial charge in [-0.1, -0.05) is 107 Å². The predicted octanol–water partition coefficient (Wildman–Crippen LogP) is 15.0. The fraction of sp³-hybridized carbons (Fsp3) is 0.344. The second-order valence-electron chi connectivity index (χ2n) is 21.9. The summed E-state index contributed by atoms with van der Waals surface area (Å²) in [5, 5.41) is 4.72. The Balaban J connectivity index is 0.00000525. The Bertz CT molecular complexity index is 3490. The second-order valence-corrected chi connectivity index (χ2v) is 21.9. The molecule has 3 aromatic heterocycles. The third-order valence-electron chi connectivity index (χ3n) is 16.4. The van der Waals surface area contributed by atoms with Gasteiger partial charge in [-0.2, -0.15) is 6.07 Å². The van der Waals surface area contributed by atoms with E-state index < -0.39 is 5.54 Å². The van der Waals surface area contributed by atoms with Gasteiger partial charge in [0.1, 0.15) is 5.65 Å². The molecule has 6 heteroatoms. The Kier molecular flexibility index (Phi) is 10.5. The van der Waals surface area contributed by atoms with E-state index in [-0.39, 0.29) is 37.9 Å². The molecule has 1 aliphatic heterocycles. The van der Waals surface area contributed by atoms with Crippen molar-refractivity contribution in [1.82, 2.24) is 19.0 Å². The van der Waals surface area contributed by atoms with Gasteiger partial charge < -0.3 is 19.0 Å². The number of pyridine rings is 1. The molecule has 67 heavy (non-hydrogen) atoms. The number of hydrogen-bond donors (Lipinski definition) is 0. The van der Waals surface area contributed by atoms with Crippen LogP contribution < -0.4 is 0 Å². The molecule has 0 N–H and O–H groups in total. The minimum atomic E-state index is -0.472. The first-order valence-corrected chi connectivity index (χ1v) is 24.1. The Hall–Kier alpha value is -5.51. The molecule has 8 aromatic rings. The number of allylic oxidation sites excluding steroid dienone is 4. The van der Waals surface area contributed by atoms with Gasteiger partial charge in [-0.3, -0.25) is 0 Å². The molecule has 3 aliphatic rings. The molecular formula is C61H63N5Pt. The molecule has 4 heterocycles. The van der Waals surface area contributed by atoms with Crippen LogP contribution in [-0.2, 0) is 38.4 Å². The molecule has 0 saturated heterocycles. The van der Waals surface area contributed by atoms with E-state index in [4.69, 9.17) is 9.98 Å². The molecular weight excluding hydrogens is 998 g/mol. The van der Waals surface area contributed by atoms with Gasteiger partial charge in [-0.05, 0) is 147 Å². The zero-order valence-electron chi connectivity index (χ0n) is 41.7. The zero-order chi connectivity index (χ0) is 46.5. The summed E-state index contributed by atoms with van der Waals surface area (Å²) in [5.41, 5.74) is 19.9. The molecule has 0 fully saturated rings. The summed E-state index contributed by atoms with van der Waals surface area (Å²) in [4.78, 5) is 13.7. The number of aliphatic imine (C=N–C) groups is 1. The summed E-state index contributed by atoms with van der Waals surface area (Å²) in [6.07, 6.45) is 5.30. The third-order valence-corrected chi connectivity index (χ3v) is 16.4. The average Bonchev–Trinajstić information content (AvgIpc) is 3.93. The number of rotatable bonds is 5. The molecule has 0 spiro atoms. The van der Waals surface area contributed by atoms with Crippen LogP contribution >= 0.6 is 0 Å². The van der Waals surface area contributed by atoms with Gasteiger partial charge in [0, 0.05) is 34.1 Å². The van der Waals surface area contributed by atoms with Crippen molar-refractivity contribution >= 4 is 49.6 Å². The van der Waals surface area contributed by atoms with E-state index in [0.29, 0.717) is 11.8 Å². The van der Waals surface area contributed by atoms with Crippen molar-refractivity contribution in [2.24, 2.45) is 16.8 Å². The summed E-state index contributed by atoms with van der Waals surface area (Å²) in [5.74, 6) is 1.98. The first kappa shape index (κ1) is 45.3. The summed E-state index contributed by atoms with van der Waals surface area (Å²) < 4.78 is 4.71. The molecule has 0 unspecified atom stereocenters. The van der Waals surface area contributed by atoms with E-state index in [1.54, 1.807) is 0 Å². The zero-order valence-corrected chi connectivity index (χ0v) is 44.0. The van der Waals surface area contributed by atoms with E-state index in [0.717, 1.165) is 62.2 Å². The van der Waals surface area contributed by atoms with Crippen molar-refractivity contribution in [1.29, 1.82) is 0 Å². The van der Waals surface area contributed by atoms with Gasteiger partial charge in [0.05, 0.1) is 22.4 Å². The quantitative estimate of drug-likeness (QED) is 0.161.